The molecule has 0 aliphatic heterocycles. The number of aromatic amines is 1. The molecule has 1 heterocycles. The van der Waals surface area contributed by atoms with E-state index in [1.807, 2.05) is 6.07 Å². The van der Waals surface area contributed by atoms with Crippen LogP contribution in [-0.2, 0) is 0 Å². The number of rotatable bonds is 1. The molecule has 2 aromatic rings. The molecule has 2 rings (SSSR count). The molecule has 7 heteroatoms. The lowest BCUT2D eigenvalue weighted by Gasteiger charge is -2.06. The largest absolute Gasteiger partial charge is 0.273 e. The Bertz CT molecular complexity index is 563. The van der Waals surface area contributed by atoms with Gasteiger partial charge in [0.05, 0.1) is 15.7 Å². The van der Waals surface area contributed by atoms with Crippen LogP contribution in [0.25, 0.3) is 5.69 Å². The summed E-state index contributed by atoms with van der Waals surface area (Å²) in [6.45, 7) is 0. The average Bonchev–Trinajstić information content (AvgIpc) is 2.62. The smallest absolute Gasteiger partial charge is 0.199 e. The van der Waals surface area contributed by atoms with Crippen molar-refractivity contribution in [2.75, 3.05) is 0 Å². The number of aromatic nitrogens is 3. The molecule has 0 fully saturated rings. The highest BCUT2D eigenvalue weighted by atomic mass is 79.9. The Labute approximate surface area is 109 Å². The molecule has 1 N–H and O–H groups in total. The van der Waals surface area contributed by atoms with Crippen LogP contribution in [0, 0.1) is 4.77 Å². The topological polar surface area (TPSA) is 33.6 Å². The van der Waals surface area contributed by atoms with Crippen LogP contribution in [-0.4, -0.2) is 14.8 Å². The van der Waals surface area contributed by atoms with E-state index in [-0.39, 0.29) is 0 Å². The zero-order valence-electron chi connectivity index (χ0n) is 7.17. The highest BCUT2D eigenvalue weighted by Gasteiger charge is 2.10. The van der Waals surface area contributed by atoms with Gasteiger partial charge in [-0.25, -0.2) is 0 Å². The summed E-state index contributed by atoms with van der Waals surface area (Å²) in [6.07, 6.45) is 1.55. The third-order valence-electron chi connectivity index (χ3n) is 1.83. The van der Waals surface area contributed by atoms with Crippen LogP contribution in [0.4, 0.5) is 0 Å². The van der Waals surface area contributed by atoms with E-state index in [1.54, 1.807) is 17.0 Å². The van der Waals surface area contributed by atoms with Crippen LogP contribution in [0.15, 0.2) is 22.9 Å². The molecule has 0 amide bonds. The van der Waals surface area contributed by atoms with Gasteiger partial charge in [-0.15, -0.1) is 0 Å². The zero-order valence-corrected chi connectivity index (χ0v) is 11.1. The first-order valence-electron chi connectivity index (χ1n) is 3.87. The summed E-state index contributed by atoms with van der Waals surface area (Å²) in [4.78, 5) is 0. The molecular weight excluding hydrogens is 321 g/mol. The first-order valence-corrected chi connectivity index (χ1v) is 5.83. The van der Waals surface area contributed by atoms with Gasteiger partial charge >= 0.3 is 0 Å². The van der Waals surface area contributed by atoms with Crippen molar-refractivity contribution in [3.8, 4) is 5.69 Å². The summed E-state index contributed by atoms with van der Waals surface area (Å²) in [6, 6.07) is 3.61. The van der Waals surface area contributed by atoms with Gasteiger partial charge in [-0.1, -0.05) is 23.2 Å². The molecule has 0 saturated carbocycles. The molecule has 1 aromatic carbocycles. The summed E-state index contributed by atoms with van der Waals surface area (Å²) >= 11 is 20.4. The summed E-state index contributed by atoms with van der Waals surface area (Å²) in [5, 5.41) is 7.34. The van der Waals surface area contributed by atoms with Gasteiger partial charge in [-0.05, 0) is 40.3 Å². The predicted molar refractivity (Wildman–Crippen MR) is 66.5 cm³/mol. The van der Waals surface area contributed by atoms with E-state index in [4.69, 9.17) is 35.4 Å². The van der Waals surface area contributed by atoms with Crippen LogP contribution in [0.2, 0.25) is 10.0 Å². The van der Waals surface area contributed by atoms with E-state index in [0.29, 0.717) is 20.5 Å². The van der Waals surface area contributed by atoms with Crippen molar-refractivity contribution < 1.29 is 0 Å². The Balaban J connectivity index is 2.70. The van der Waals surface area contributed by atoms with E-state index in [9.17, 15) is 0 Å². The lowest BCUT2D eigenvalue weighted by atomic mass is 10.3. The third-order valence-corrected chi connectivity index (χ3v) is 3.88. The van der Waals surface area contributed by atoms with E-state index in [2.05, 4.69) is 26.1 Å². The predicted octanol–water partition coefficient (Wildman–Crippen LogP) is 4.00. The average molecular weight is 325 g/mol. The van der Waals surface area contributed by atoms with Gasteiger partial charge in [-0.3, -0.25) is 9.67 Å². The van der Waals surface area contributed by atoms with Crippen molar-refractivity contribution in [2.45, 2.75) is 0 Å². The number of hydrogen-bond donors (Lipinski definition) is 1. The van der Waals surface area contributed by atoms with Crippen molar-refractivity contribution in [3.63, 3.8) is 0 Å². The molecule has 0 bridgehead atoms. The number of benzene rings is 1. The fraction of sp³-hybridized carbons (Fsp3) is 0. The summed E-state index contributed by atoms with van der Waals surface area (Å²) in [5.74, 6) is 0. The number of hydrogen-bond acceptors (Lipinski definition) is 2. The molecule has 78 valence electrons. The second-order valence-corrected chi connectivity index (χ2v) is 4.72. The Morgan fingerprint density at radius 1 is 1.33 bits per heavy atom. The summed E-state index contributed by atoms with van der Waals surface area (Å²) in [5.41, 5.74) is 0.698. The van der Waals surface area contributed by atoms with Gasteiger partial charge in [0.2, 0.25) is 0 Å². The Kier molecular flexibility index (Phi) is 3.16. The van der Waals surface area contributed by atoms with E-state index < -0.39 is 0 Å². The third kappa shape index (κ3) is 1.97. The number of H-pyrrole nitrogens is 1. The van der Waals surface area contributed by atoms with Crippen LogP contribution in [0.5, 0.6) is 0 Å². The monoisotopic (exact) mass is 323 g/mol. The minimum absolute atomic E-state index is 0.434. The molecule has 1 aromatic heterocycles. The van der Waals surface area contributed by atoms with Crippen LogP contribution < -0.4 is 0 Å². The highest BCUT2D eigenvalue weighted by Crippen LogP contribution is 2.34. The molecule has 3 nitrogen and oxygen atoms in total. The van der Waals surface area contributed by atoms with Gasteiger partial charge in [0.25, 0.3) is 0 Å². The van der Waals surface area contributed by atoms with E-state index >= 15 is 0 Å². The van der Waals surface area contributed by atoms with Crippen molar-refractivity contribution >= 4 is 51.3 Å². The molecule has 15 heavy (non-hydrogen) atoms. The van der Waals surface area contributed by atoms with Crippen molar-refractivity contribution in [1.29, 1.82) is 0 Å². The lowest BCUT2D eigenvalue weighted by Crippen LogP contribution is -1.94. The van der Waals surface area contributed by atoms with Gasteiger partial charge < -0.3 is 0 Å². The maximum Gasteiger partial charge on any atom is 0.199 e. The molecule has 0 atom stereocenters. The maximum atomic E-state index is 6.09. The summed E-state index contributed by atoms with van der Waals surface area (Å²) in [7, 11) is 0. The molecule has 0 saturated heterocycles. The van der Waals surface area contributed by atoms with Crippen molar-refractivity contribution in [3.05, 3.63) is 37.7 Å². The van der Waals surface area contributed by atoms with Crippen molar-refractivity contribution in [2.24, 2.45) is 0 Å². The molecule has 0 spiro atoms. The first-order chi connectivity index (χ1) is 7.11. The molecule has 0 aliphatic rings. The van der Waals surface area contributed by atoms with Crippen molar-refractivity contribution in [1.82, 2.24) is 14.8 Å². The molecular formula is C8H4BrCl2N3S. The van der Waals surface area contributed by atoms with Gasteiger partial charge in [0.15, 0.2) is 4.77 Å². The quantitative estimate of drug-likeness (QED) is 0.635. The van der Waals surface area contributed by atoms with Gasteiger partial charge in [0.1, 0.15) is 6.33 Å². The standard InChI is InChI=1S/C8H4BrCl2N3S/c9-4-1-2-5(7(11)6(4)10)14-3-12-13-8(14)15/h1-3H,(H,13,15). The fourth-order valence-corrected chi connectivity index (χ4v) is 2.18. The molecule has 0 unspecified atom stereocenters. The van der Waals surface area contributed by atoms with Gasteiger partial charge in [0, 0.05) is 4.47 Å². The normalized spacial score (nSPS) is 10.6. The molecule has 0 radical (unpaired) electrons. The number of nitrogens with one attached hydrogen (secondary N) is 1. The zero-order chi connectivity index (χ0) is 11.0. The second-order valence-electron chi connectivity index (χ2n) is 2.73. The minimum Gasteiger partial charge on any atom is -0.273 e. The summed E-state index contributed by atoms with van der Waals surface area (Å²) < 4.78 is 2.86. The number of nitrogens with zero attached hydrogens (tertiary/aromatic N) is 2. The SMILES string of the molecule is S=c1[nH]ncn1-c1ccc(Br)c(Cl)c1Cl. The van der Waals surface area contributed by atoms with Crippen LogP contribution in [0.3, 0.4) is 0 Å². The minimum atomic E-state index is 0.434. The Morgan fingerprint density at radius 2 is 2.07 bits per heavy atom. The molecule has 0 aliphatic carbocycles. The maximum absolute atomic E-state index is 6.09. The fourth-order valence-electron chi connectivity index (χ4n) is 1.12. The number of halogens is 3. The van der Waals surface area contributed by atoms with Crippen LogP contribution >= 0.6 is 51.3 Å². The van der Waals surface area contributed by atoms with Crippen LogP contribution in [0.1, 0.15) is 0 Å². The Hall–Kier alpha value is -0.360. The highest BCUT2D eigenvalue weighted by molar-refractivity contribution is 9.10. The van der Waals surface area contributed by atoms with Gasteiger partial charge in [-0.2, -0.15) is 5.10 Å². The van der Waals surface area contributed by atoms with E-state index in [0.717, 1.165) is 4.47 Å². The Morgan fingerprint density at radius 3 is 2.67 bits per heavy atom. The van der Waals surface area contributed by atoms with E-state index in [1.165, 1.54) is 0 Å². The first kappa shape index (κ1) is 11.1. The second kappa shape index (κ2) is 4.25. The lowest BCUT2D eigenvalue weighted by molar-refractivity contribution is 1.03.